The number of carbonyl (C=O) groups excluding carboxylic acids is 2. The van der Waals surface area contributed by atoms with Gasteiger partial charge in [0, 0.05) is 7.05 Å². The van der Waals surface area contributed by atoms with E-state index in [1.165, 1.54) is 49.4 Å². The quantitative estimate of drug-likeness (QED) is 0.137. The van der Waals surface area contributed by atoms with Crippen LogP contribution in [0.3, 0.4) is 0 Å². The fourth-order valence-electron chi connectivity index (χ4n) is 2.63. The van der Waals surface area contributed by atoms with Crippen molar-refractivity contribution in [2.75, 3.05) is 7.05 Å². The Morgan fingerprint density at radius 3 is 1.94 bits per heavy atom. The van der Waals surface area contributed by atoms with Crippen molar-refractivity contribution in [1.82, 2.24) is 10.2 Å². The zero-order valence-corrected chi connectivity index (χ0v) is 23.2. The first-order valence-electron chi connectivity index (χ1n) is 11.0. The Morgan fingerprint density at radius 2 is 1.49 bits per heavy atom. The predicted molar refractivity (Wildman–Crippen MR) is 155 cm³/mol. The van der Waals surface area contributed by atoms with Gasteiger partial charge >= 0.3 is 0 Å². The lowest BCUT2D eigenvalue weighted by atomic mass is 9.76. The smallest absolute Gasteiger partial charge is 0.259 e. The van der Waals surface area contributed by atoms with Gasteiger partial charge in [0.05, 0.1) is 10.1 Å². The second-order valence-electron chi connectivity index (χ2n) is 8.33. The number of unbranched alkanes of at least 4 members (excludes halogenated alkanes) is 1. The topological polar surface area (TPSA) is 49.4 Å². The van der Waals surface area contributed by atoms with E-state index in [2.05, 4.69) is 44.8 Å². The van der Waals surface area contributed by atoms with Gasteiger partial charge in [0.2, 0.25) is 0 Å². The van der Waals surface area contributed by atoms with E-state index in [0.717, 1.165) is 30.5 Å². The Labute approximate surface area is 219 Å². The summed E-state index contributed by atoms with van der Waals surface area (Å²) in [7, 11) is 3.86. The maximum Gasteiger partial charge on any atom is 0.259 e. The van der Waals surface area contributed by atoms with Crippen LogP contribution in [-0.4, -0.2) is 50.6 Å². The number of rotatable bonds is 16. The summed E-state index contributed by atoms with van der Waals surface area (Å²) < 4.78 is 29.3. The number of nitrogens with one attached hydrogen (secondary N) is 1. The van der Waals surface area contributed by atoms with Gasteiger partial charge in [0.1, 0.15) is 0 Å². The molecule has 2 unspecified atom stereocenters. The van der Waals surface area contributed by atoms with Gasteiger partial charge in [-0.15, -0.1) is 0 Å². The summed E-state index contributed by atoms with van der Waals surface area (Å²) in [6, 6.07) is 0. The van der Waals surface area contributed by atoms with Crippen molar-refractivity contribution >= 4 is 51.0 Å². The summed E-state index contributed by atoms with van der Waals surface area (Å²) >= 11 is 2.42. The third-order valence-electron chi connectivity index (χ3n) is 5.47. The van der Waals surface area contributed by atoms with Crippen LogP contribution in [0, 0.1) is 0 Å². The van der Waals surface area contributed by atoms with Gasteiger partial charge in [-0.1, -0.05) is 75.1 Å². The number of carbonyl (C=O) groups is 2. The summed E-state index contributed by atoms with van der Waals surface area (Å²) in [5.41, 5.74) is -4.07. The molecule has 0 aliphatic heterocycles. The van der Waals surface area contributed by atoms with E-state index in [9.17, 15) is 18.4 Å². The minimum Gasteiger partial charge on any atom is -0.319 e. The Kier molecular flexibility index (Phi) is 13.5. The number of alkyl halides is 2. The van der Waals surface area contributed by atoms with Gasteiger partial charge in [-0.25, -0.2) is 8.78 Å². The zero-order valence-electron chi connectivity index (χ0n) is 21.6. The molecule has 0 aliphatic rings. The molecule has 10 heteroatoms. The van der Waals surface area contributed by atoms with Crippen LogP contribution in [0.1, 0.15) is 39.5 Å². The zero-order chi connectivity index (χ0) is 27.6. The molecule has 190 valence electrons. The minimum atomic E-state index is -2.28. The minimum absolute atomic E-state index is 0.0328. The third kappa shape index (κ3) is 10.1. The van der Waals surface area contributed by atoms with E-state index in [0.29, 0.717) is 23.4 Å². The molecule has 0 saturated heterocycles. The van der Waals surface area contributed by atoms with Crippen molar-refractivity contribution in [3.63, 3.8) is 0 Å². The number of amides is 2. The van der Waals surface area contributed by atoms with Crippen LogP contribution in [0.25, 0.3) is 0 Å². The molecule has 0 heterocycles. The molecular weight excluding hydrogens is 484 g/mol. The molecule has 2 atom stereocenters. The Bertz CT molecular complexity index is 944. The Balaban J connectivity index is 4.49. The molecule has 0 radical (unpaired) electrons. The summed E-state index contributed by atoms with van der Waals surface area (Å²) in [5, 5.41) is 3.11. The van der Waals surface area contributed by atoms with E-state index >= 15 is 0 Å². The molecular formula is C25H36B2F2N2O2S2. The normalized spacial score (nSPS) is 14.6. The summed E-state index contributed by atoms with van der Waals surface area (Å²) in [6.07, 6.45) is 5.71. The number of thioether (sulfide) groups is 2. The van der Waals surface area contributed by atoms with Crippen molar-refractivity contribution in [3.8, 4) is 0 Å². The van der Waals surface area contributed by atoms with Crippen LogP contribution in [0.15, 0.2) is 82.6 Å². The monoisotopic (exact) mass is 520 g/mol. The highest BCUT2D eigenvalue weighted by Crippen LogP contribution is 2.32. The number of halogens is 2. The van der Waals surface area contributed by atoms with Crippen LogP contribution in [0.2, 0.25) is 0 Å². The molecule has 0 saturated carbocycles. The first-order chi connectivity index (χ1) is 16.0. The van der Waals surface area contributed by atoms with Gasteiger partial charge in [0.25, 0.3) is 11.8 Å². The van der Waals surface area contributed by atoms with Crippen molar-refractivity contribution < 1.29 is 18.4 Å². The Morgan fingerprint density at radius 1 is 1.00 bits per heavy atom. The highest BCUT2D eigenvalue weighted by Gasteiger charge is 2.37. The van der Waals surface area contributed by atoms with Crippen molar-refractivity contribution in [1.29, 1.82) is 0 Å². The molecule has 0 aromatic rings. The maximum absolute atomic E-state index is 14.8. The molecule has 0 rings (SSSR count). The van der Waals surface area contributed by atoms with Crippen LogP contribution >= 0.6 is 23.5 Å². The standard InChI is InChI=1S/C25H36B2F2N2O2S2/c1-10-16(3)24(26,28)22(32)30-20(7)34-18(5)14-12-13-15-19(6)35-21(8)31(9)23(33)25(27,29)17(4)11-2/h10-11H,1,3,5-8,12-15,26-27H2,2,4,9H3,(H,30,32)/b17-11+. The first kappa shape index (κ1) is 32.8. The lowest BCUT2D eigenvalue weighted by Crippen LogP contribution is -2.44. The second-order valence-corrected chi connectivity index (χ2v) is 10.9. The fourth-order valence-corrected chi connectivity index (χ4v) is 4.17. The Hall–Kier alpha value is -2.19. The maximum atomic E-state index is 14.8. The number of allylic oxidation sites excluding steroid dienone is 4. The number of hydrogen-bond donors (Lipinski definition) is 1. The molecule has 2 amide bonds. The van der Waals surface area contributed by atoms with Crippen molar-refractivity contribution in [3.05, 3.63) is 82.6 Å². The molecule has 35 heavy (non-hydrogen) atoms. The van der Waals surface area contributed by atoms with E-state index in [1.54, 1.807) is 19.9 Å². The number of nitrogens with zero attached hydrogens (tertiary/aromatic N) is 1. The second kappa shape index (κ2) is 14.4. The van der Waals surface area contributed by atoms with E-state index in [1.807, 2.05) is 0 Å². The molecule has 1 N–H and O–H groups in total. The van der Waals surface area contributed by atoms with Gasteiger partial charge in [-0.2, -0.15) is 0 Å². The third-order valence-corrected chi connectivity index (χ3v) is 7.32. The summed E-state index contributed by atoms with van der Waals surface area (Å²) in [4.78, 5) is 27.4. The van der Waals surface area contributed by atoms with Crippen LogP contribution in [0.4, 0.5) is 8.78 Å². The van der Waals surface area contributed by atoms with Crippen molar-refractivity contribution in [2.45, 2.75) is 50.7 Å². The fraction of sp³-hybridized carbons (Fsp3) is 0.360. The lowest BCUT2D eigenvalue weighted by Gasteiger charge is -2.28. The van der Waals surface area contributed by atoms with Crippen LogP contribution < -0.4 is 5.32 Å². The average Bonchev–Trinajstić information content (AvgIpc) is 2.78. The summed E-state index contributed by atoms with van der Waals surface area (Å²) in [5.74, 6) is -1.54. The molecule has 0 aromatic heterocycles. The predicted octanol–water partition coefficient (Wildman–Crippen LogP) is 4.86. The molecule has 4 nitrogen and oxygen atoms in total. The molecule has 0 aromatic carbocycles. The molecule has 0 aliphatic carbocycles. The lowest BCUT2D eigenvalue weighted by molar-refractivity contribution is -0.133. The molecule has 0 bridgehead atoms. The van der Waals surface area contributed by atoms with Crippen LogP contribution in [0.5, 0.6) is 0 Å². The highest BCUT2D eigenvalue weighted by molar-refractivity contribution is 8.06. The largest absolute Gasteiger partial charge is 0.319 e. The summed E-state index contributed by atoms with van der Waals surface area (Å²) in [6.45, 7) is 25.8. The van der Waals surface area contributed by atoms with E-state index in [4.69, 9.17) is 0 Å². The van der Waals surface area contributed by atoms with Gasteiger partial charge in [-0.05, 0) is 60.5 Å². The van der Waals surface area contributed by atoms with E-state index in [-0.39, 0.29) is 10.6 Å². The highest BCUT2D eigenvalue weighted by atomic mass is 32.2. The van der Waals surface area contributed by atoms with Gasteiger partial charge < -0.3 is 10.2 Å². The van der Waals surface area contributed by atoms with Gasteiger partial charge in [-0.3, -0.25) is 9.59 Å². The first-order valence-corrected chi connectivity index (χ1v) is 12.7. The van der Waals surface area contributed by atoms with Crippen molar-refractivity contribution in [2.24, 2.45) is 0 Å². The average molecular weight is 520 g/mol. The number of hydrogen-bond acceptors (Lipinski definition) is 4. The SMILES string of the molecule is BC(F)(C(=C)C=C)C(=O)NC(=C)SC(=C)CCCCC(=C)SC(=C)N(C)C(=O)C(B)(F)/C(C)=C/C. The van der Waals surface area contributed by atoms with E-state index < -0.39 is 23.0 Å². The van der Waals surface area contributed by atoms with Gasteiger partial charge in [0.15, 0.2) is 26.8 Å². The van der Waals surface area contributed by atoms with Crippen LogP contribution in [-0.2, 0) is 9.59 Å². The molecule has 0 spiro atoms. The molecule has 0 fully saturated rings.